The van der Waals surface area contributed by atoms with Gasteiger partial charge in [-0.3, -0.25) is 10.2 Å². The lowest BCUT2D eigenvalue weighted by atomic mass is 10.1. The van der Waals surface area contributed by atoms with Crippen molar-refractivity contribution < 1.29 is 19.1 Å². The summed E-state index contributed by atoms with van der Waals surface area (Å²) in [5, 5.41) is 2.61. The molecule has 1 aromatic carbocycles. The van der Waals surface area contributed by atoms with Crippen LogP contribution in [-0.2, 0) is 9.53 Å². The Morgan fingerprint density at radius 3 is 2.26 bits per heavy atom. The van der Waals surface area contributed by atoms with Crippen LogP contribution in [0.5, 0.6) is 0 Å². The summed E-state index contributed by atoms with van der Waals surface area (Å²) in [6.45, 7) is 5.69. The molecule has 2 rings (SSSR count). The lowest BCUT2D eigenvalue weighted by Gasteiger charge is -2.20. The minimum atomic E-state index is -1.05. The predicted molar refractivity (Wildman–Crippen MR) is 83.3 cm³/mol. The van der Waals surface area contributed by atoms with E-state index in [-0.39, 0.29) is 12.0 Å². The lowest BCUT2D eigenvalue weighted by Crippen LogP contribution is -2.55. The van der Waals surface area contributed by atoms with Crippen molar-refractivity contribution in [3.8, 4) is 0 Å². The fourth-order valence-electron chi connectivity index (χ4n) is 2.49. The highest BCUT2D eigenvalue weighted by molar-refractivity contribution is 5.96. The fourth-order valence-corrected chi connectivity index (χ4v) is 2.49. The van der Waals surface area contributed by atoms with E-state index in [0.29, 0.717) is 12.0 Å². The molecule has 0 radical (unpaired) electrons. The summed E-state index contributed by atoms with van der Waals surface area (Å²) >= 11 is 0. The number of hydrazine groups is 1. The van der Waals surface area contributed by atoms with Gasteiger partial charge in [0.15, 0.2) is 0 Å². The van der Waals surface area contributed by atoms with Crippen molar-refractivity contribution in [2.24, 2.45) is 5.41 Å². The number of carbonyl (C=O) groups is 3. The van der Waals surface area contributed by atoms with E-state index >= 15 is 0 Å². The second-order valence-corrected chi connectivity index (χ2v) is 6.09. The molecule has 1 aliphatic carbocycles. The van der Waals surface area contributed by atoms with Crippen LogP contribution in [0.15, 0.2) is 30.3 Å². The molecular formula is C16H21N3O4. The van der Waals surface area contributed by atoms with Crippen LogP contribution in [-0.4, -0.2) is 30.1 Å². The molecule has 0 saturated heterocycles. The van der Waals surface area contributed by atoms with Gasteiger partial charge in [-0.25, -0.2) is 15.0 Å². The second-order valence-electron chi connectivity index (χ2n) is 6.09. The van der Waals surface area contributed by atoms with Gasteiger partial charge in [-0.2, -0.15) is 0 Å². The smallest absolute Gasteiger partial charge is 0.334 e. The number of urea groups is 1. The van der Waals surface area contributed by atoms with Gasteiger partial charge in [0.1, 0.15) is 5.54 Å². The summed E-state index contributed by atoms with van der Waals surface area (Å²) in [4.78, 5) is 35.9. The number of hydrogen-bond acceptors (Lipinski definition) is 4. The number of amides is 3. The van der Waals surface area contributed by atoms with E-state index < -0.39 is 23.4 Å². The maximum absolute atomic E-state index is 12.1. The first-order chi connectivity index (χ1) is 10.8. The number of nitrogens with one attached hydrogen (secondary N) is 3. The highest BCUT2D eigenvalue weighted by Gasteiger charge is 2.68. The summed E-state index contributed by atoms with van der Waals surface area (Å²) in [5.41, 5.74) is 3.53. The zero-order valence-corrected chi connectivity index (χ0v) is 13.4. The van der Waals surface area contributed by atoms with Gasteiger partial charge in [0, 0.05) is 11.0 Å². The van der Waals surface area contributed by atoms with Crippen LogP contribution >= 0.6 is 0 Å². The summed E-state index contributed by atoms with van der Waals surface area (Å²) in [6.07, 6.45) is 0.485. The normalized spacial score (nSPS) is 21.0. The van der Waals surface area contributed by atoms with Crippen LogP contribution in [0.2, 0.25) is 0 Å². The molecule has 23 heavy (non-hydrogen) atoms. The Morgan fingerprint density at radius 2 is 1.74 bits per heavy atom. The van der Waals surface area contributed by atoms with Crippen molar-refractivity contribution >= 4 is 17.9 Å². The quantitative estimate of drug-likeness (QED) is 0.577. The Morgan fingerprint density at radius 1 is 1.13 bits per heavy atom. The average molecular weight is 319 g/mol. The van der Waals surface area contributed by atoms with Gasteiger partial charge < -0.3 is 10.1 Å². The topological polar surface area (TPSA) is 96.5 Å². The molecule has 1 unspecified atom stereocenters. The summed E-state index contributed by atoms with van der Waals surface area (Å²) < 4.78 is 5.03. The van der Waals surface area contributed by atoms with Crippen LogP contribution < -0.4 is 16.2 Å². The molecule has 0 aromatic heterocycles. The number of hydrogen-bond donors (Lipinski definition) is 3. The van der Waals surface area contributed by atoms with Gasteiger partial charge in [0.25, 0.3) is 5.91 Å². The maximum atomic E-state index is 12.1. The van der Waals surface area contributed by atoms with Gasteiger partial charge >= 0.3 is 12.0 Å². The molecule has 0 heterocycles. The molecule has 124 valence electrons. The van der Waals surface area contributed by atoms with E-state index in [9.17, 15) is 14.4 Å². The van der Waals surface area contributed by atoms with Gasteiger partial charge in [-0.15, -0.1) is 0 Å². The molecule has 0 aliphatic heterocycles. The molecule has 1 aromatic rings. The van der Waals surface area contributed by atoms with E-state index in [0.717, 1.165) is 0 Å². The van der Waals surface area contributed by atoms with Crippen molar-refractivity contribution in [3.63, 3.8) is 0 Å². The summed E-state index contributed by atoms with van der Waals surface area (Å²) in [7, 11) is 0. The zero-order valence-electron chi connectivity index (χ0n) is 13.4. The number of benzene rings is 1. The van der Waals surface area contributed by atoms with E-state index in [1.54, 1.807) is 37.3 Å². The highest BCUT2D eigenvalue weighted by Crippen LogP contribution is 2.56. The first-order valence-electron chi connectivity index (χ1n) is 7.43. The summed E-state index contributed by atoms with van der Waals surface area (Å²) in [5.74, 6) is -0.907. The highest BCUT2D eigenvalue weighted by atomic mass is 16.5. The van der Waals surface area contributed by atoms with Crippen molar-refractivity contribution in [1.82, 2.24) is 16.2 Å². The molecule has 3 amide bonds. The van der Waals surface area contributed by atoms with Crippen LogP contribution in [0.25, 0.3) is 0 Å². The molecule has 1 aliphatic rings. The van der Waals surface area contributed by atoms with Gasteiger partial charge in [-0.1, -0.05) is 32.0 Å². The van der Waals surface area contributed by atoms with Gasteiger partial charge in [0.05, 0.1) is 6.61 Å². The first kappa shape index (κ1) is 16.8. The number of esters is 1. The molecule has 0 bridgehead atoms. The third-order valence-electron chi connectivity index (χ3n) is 4.01. The van der Waals surface area contributed by atoms with Crippen LogP contribution in [0.1, 0.15) is 37.6 Å². The first-order valence-corrected chi connectivity index (χ1v) is 7.43. The molecule has 0 spiro atoms. The van der Waals surface area contributed by atoms with E-state index in [4.69, 9.17) is 4.74 Å². The maximum Gasteiger partial charge on any atom is 0.334 e. The van der Waals surface area contributed by atoms with E-state index in [2.05, 4.69) is 16.2 Å². The number of carbonyl (C=O) groups excluding carboxylic acids is 3. The van der Waals surface area contributed by atoms with E-state index in [1.807, 2.05) is 13.8 Å². The Kier molecular flexibility index (Phi) is 4.58. The average Bonchev–Trinajstić information content (AvgIpc) is 3.08. The zero-order chi connectivity index (χ0) is 17.1. The molecule has 1 saturated carbocycles. The lowest BCUT2D eigenvalue weighted by molar-refractivity contribution is -0.147. The molecule has 7 nitrogen and oxygen atoms in total. The number of rotatable bonds is 4. The second kappa shape index (κ2) is 6.28. The van der Waals surface area contributed by atoms with Crippen molar-refractivity contribution in [2.75, 3.05) is 6.61 Å². The Hall–Kier alpha value is -2.57. The summed E-state index contributed by atoms with van der Waals surface area (Å²) in [6, 6.07) is 7.82. The van der Waals surface area contributed by atoms with Gasteiger partial charge in [-0.05, 0) is 25.5 Å². The van der Waals surface area contributed by atoms with Gasteiger partial charge in [0.2, 0.25) is 0 Å². The van der Waals surface area contributed by atoms with Crippen molar-refractivity contribution in [1.29, 1.82) is 0 Å². The molecular weight excluding hydrogens is 298 g/mol. The monoisotopic (exact) mass is 319 g/mol. The Labute approximate surface area is 134 Å². The molecule has 1 fully saturated rings. The van der Waals surface area contributed by atoms with Crippen molar-refractivity contribution in [2.45, 2.75) is 32.7 Å². The third kappa shape index (κ3) is 3.44. The minimum Gasteiger partial charge on any atom is -0.464 e. The van der Waals surface area contributed by atoms with Crippen LogP contribution in [0.4, 0.5) is 4.79 Å². The minimum absolute atomic E-state index is 0.241. The SMILES string of the molecule is CCOC(=O)C1(NC(=O)NNC(=O)c2ccccc2)CC1(C)C. The van der Waals surface area contributed by atoms with Crippen molar-refractivity contribution in [3.05, 3.63) is 35.9 Å². The largest absolute Gasteiger partial charge is 0.464 e. The van der Waals surface area contributed by atoms with E-state index in [1.165, 1.54) is 0 Å². The van der Waals surface area contributed by atoms with Crippen LogP contribution in [0.3, 0.4) is 0 Å². The molecule has 1 atom stereocenters. The molecule has 3 N–H and O–H groups in total. The predicted octanol–water partition coefficient (Wildman–Crippen LogP) is 1.36. The Balaban J connectivity index is 1.91. The fraction of sp³-hybridized carbons (Fsp3) is 0.438. The third-order valence-corrected chi connectivity index (χ3v) is 4.01. The number of ether oxygens (including phenoxy) is 1. The molecule has 7 heteroatoms. The van der Waals surface area contributed by atoms with Crippen LogP contribution in [0, 0.1) is 5.41 Å². The Bertz CT molecular complexity index is 615. The standard InChI is InChI=1S/C16H21N3O4/c1-4-23-13(21)16(10-15(16,2)3)17-14(22)19-18-12(20)11-8-6-5-7-9-11/h5-9H,4,10H2,1-3H3,(H,18,20)(H2,17,19,22).